The number of fused-ring (bicyclic) bond motifs is 1. The SMILES string of the molecule is Cc1nc2cc(NCC3(O)CCCC3)c([N+](=O)[O-])cc2s1. The van der Waals surface area contributed by atoms with E-state index in [2.05, 4.69) is 10.3 Å². The van der Waals surface area contributed by atoms with Crippen molar-refractivity contribution in [2.75, 3.05) is 11.9 Å². The highest BCUT2D eigenvalue weighted by molar-refractivity contribution is 7.18. The van der Waals surface area contributed by atoms with Gasteiger partial charge in [0.2, 0.25) is 0 Å². The fraction of sp³-hybridized carbons (Fsp3) is 0.500. The largest absolute Gasteiger partial charge is 0.388 e. The summed E-state index contributed by atoms with van der Waals surface area (Å²) in [5.74, 6) is 0. The third-order valence-electron chi connectivity index (χ3n) is 3.95. The highest BCUT2D eigenvalue weighted by Gasteiger charge is 2.31. The molecule has 0 saturated heterocycles. The lowest BCUT2D eigenvalue weighted by atomic mass is 10.0. The molecular weight excluding hydrogens is 290 g/mol. The van der Waals surface area contributed by atoms with Crippen LogP contribution < -0.4 is 5.32 Å². The van der Waals surface area contributed by atoms with E-state index in [4.69, 9.17) is 0 Å². The standard InChI is InChI=1S/C14H17N3O3S/c1-9-16-11-6-10(12(17(19)20)7-13(11)21-9)15-8-14(18)4-2-3-5-14/h6-7,15,18H,2-5,8H2,1H3. The zero-order valence-electron chi connectivity index (χ0n) is 11.8. The molecule has 112 valence electrons. The Morgan fingerprint density at radius 2 is 2.19 bits per heavy atom. The molecule has 2 N–H and O–H groups in total. The minimum atomic E-state index is -0.749. The van der Waals surface area contributed by atoms with Gasteiger partial charge in [0.05, 0.1) is 25.7 Å². The average Bonchev–Trinajstić information content (AvgIpc) is 3.00. The van der Waals surface area contributed by atoms with Crippen molar-refractivity contribution in [2.24, 2.45) is 0 Å². The van der Waals surface area contributed by atoms with Gasteiger partial charge in [-0.05, 0) is 25.8 Å². The van der Waals surface area contributed by atoms with Gasteiger partial charge in [0, 0.05) is 12.6 Å². The van der Waals surface area contributed by atoms with Gasteiger partial charge in [-0.25, -0.2) is 4.98 Å². The number of aromatic nitrogens is 1. The van der Waals surface area contributed by atoms with Crippen molar-refractivity contribution in [1.82, 2.24) is 4.98 Å². The topological polar surface area (TPSA) is 88.3 Å². The Hall–Kier alpha value is -1.73. The van der Waals surface area contributed by atoms with Crippen LogP contribution in [-0.4, -0.2) is 27.2 Å². The second kappa shape index (κ2) is 5.23. The second-order valence-electron chi connectivity index (χ2n) is 5.61. The van der Waals surface area contributed by atoms with Gasteiger partial charge in [0.1, 0.15) is 5.69 Å². The van der Waals surface area contributed by atoms with Crippen LogP contribution in [-0.2, 0) is 0 Å². The zero-order valence-corrected chi connectivity index (χ0v) is 12.6. The molecule has 0 atom stereocenters. The first kappa shape index (κ1) is 14.2. The normalized spacial score (nSPS) is 17.2. The van der Waals surface area contributed by atoms with Crippen LogP contribution >= 0.6 is 11.3 Å². The summed E-state index contributed by atoms with van der Waals surface area (Å²) in [6, 6.07) is 3.26. The van der Waals surface area contributed by atoms with Crippen molar-refractivity contribution in [2.45, 2.75) is 38.2 Å². The molecule has 1 aliphatic rings. The third kappa shape index (κ3) is 2.84. The molecule has 7 heteroatoms. The van der Waals surface area contributed by atoms with Crippen molar-refractivity contribution >= 4 is 32.9 Å². The summed E-state index contributed by atoms with van der Waals surface area (Å²) in [4.78, 5) is 15.2. The zero-order chi connectivity index (χ0) is 15.0. The fourth-order valence-corrected chi connectivity index (χ4v) is 3.68. The van der Waals surface area contributed by atoms with Crippen LogP contribution in [0.5, 0.6) is 0 Å². The Morgan fingerprint density at radius 3 is 2.86 bits per heavy atom. The maximum atomic E-state index is 11.2. The molecule has 0 radical (unpaired) electrons. The molecule has 0 aliphatic heterocycles. The van der Waals surface area contributed by atoms with Gasteiger partial charge in [0.25, 0.3) is 5.69 Å². The number of hydrogen-bond donors (Lipinski definition) is 2. The molecule has 6 nitrogen and oxygen atoms in total. The van der Waals surface area contributed by atoms with Crippen LogP contribution in [0.15, 0.2) is 12.1 Å². The van der Waals surface area contributed by atoms with Crippen molar-refractivity contribution in [3.63, 3.8) is 0 Å². The first-order chi connectivity index (χ1) is 9.97. The summed E-state index contributed by atoms with van der Waals surface area (Å²) in [6.07, 6.45) is 3.49. The van der Waals surface area contributed by atoms with Crippen LogP contribution in [0.25, 0.3) is 10.2 Å². The molecule has 3 rings (SSSR count). The van der Waals surface area contributed by atoms with Crippen molar-refractivity contribution in [3.05, 3.63) is 27.3 Å². The van der Waals surface area contributed by atoms with E-state index in [0.717, 1.165) is 40.9 Å². The second-order valence-corrected chi connectivity index (χ2v) is 6.85. The summed E-state index contributed by atoms with van der Waals surface area (Å²) < 4.78 is 0.810. The van der Waals surface area contributed by atoms with Gasteiger partial charge in [-0.3, -0.25) is 10.1 Å². The first-order valence-corrected chi connectivity index (χ1v) is 7.80. The number of aliphatic hydroxyl groups is 1. The van der Waals surface area contributed by atoms with E-state index in [1.54, 1.807) is 12.1 Å². The van der Waals surface area contributed by atoms with E-state index in [9.17, 15) is 15.2 Å². The van der Waals surface area contributed by atoms with Gasteiger partial charge >= 0.3 is 0 Å². The molecule has 2 aromatic rings. The Bertz CT molecular complexity index is 692. The Kier molecular flexibility index (Phi) is 3.54. The number of aryl methyl sites for hydroxylation is 1. The summed E-state index contributed by atoms with van der Waals surface area (Å²) in [5, 5.41) is 25.5. The summed E-state index contributed by atoms with van der Waals surface area (Å²) in [7, 11) is 0. The van der Waals surface area contributed by atoms with E-state index in [-0.39, 0.29) is 5.69 Å². The van der Waals surface area contributed by atoms with Crippen LogP contribution in [0.2, 0.25) is 0 Å². The Balaban J connectivity index is 1.91. The van der Waals surface area contributed by atoms with Gasteiger partial charge in [0.15, 0.2) is 0 Å². The average molecular weight is 307 g/mol. The molecule has 0 spiro atoms. The van der Waals surface area contributed by atoms with Crippen LogP contribution in [0.4, 0.5) is 11.4 Å². The summed E-state index contributed by atoms with van der Waals surface area (Å²) >= 11 is 1.44. The van der Waals surface area contributed by atoms with E-state index < -0.39 is 10.5 Å². The molecule has 0 unspecified atom stereocenters. The highest BCUT2D eigenvalue weighted by Crippen LogP contribution is 2.35. The van der Waals surface area contributed by atoms with Gasteiger partial charge in [-0.15, -0.1) is 11.3 Å². The number of thiazole rings is 1. The van der Waals surface area contributed by atoms with Gasteiger partial charge in [-0.1, -0.05) is 12.8 Å². The predicted molar refractivity (Wildman–Crippen MR) is 82.9 cm³/mol. The number of nitro groups is 1. The number of nitro benzene ring substituents is 1. The molecule has 1 aliphatic carbocycles. The molecule has 0 amide bonds. The lowest BCUT2D eigenvalue weighted by Gasteiger charge is -2.22. The molecule has 1 aromatic carbocycles. The van der Waals surface area contributed by atoms with Gasteiger partial charge in [-0.2, -0.15) is 0 Å². The number of benzene rings is 1. The Labute approximate surface area is 126 Å². The molecule has 21 heavy (non-hydrogen) atoms. The lowest BCUT2D eigenvalue weighted by molar-refractivity contribution is -0.383. The fourth-order valence-electron chi connectivity index (χ4n) is 2.84. The quantitative estimate of drug-likeness (QED) is 0.668. The summed E-state index contributed by atoms with van der Waals surface area (Å²) in [5.41, 5.74) is 0.468. The van der Waals surface area contributed by atoms with E-state index in [0.29, 0.717) is 12.2 Å². The minimum Gasteiger partial charge on any atom is -0.388 e. The molecular formula is C14H17N3O3S. The molecule has 1 saturated carbocycles. The maximum Gasteiger partial charge on any atom is 0.293 e. The number of nitrogens with one attached hydrogen (secondary N) is 1. The predicted octanol–water partition coefficient (Wildman–Crippen LogP) is 3.23. The molecule has 1 heterocycles. The van der Waals surface area contributed by atoms with Crippen molar-refractivity contribution < 1.29 is 10.0 Å². The first-order valence-electron chi connectivity index (χ1n) is 6.99. The highest BCUT2D eigenvalue weighted by atomic mass is 32.1. The number of nitrogens with zero attached hydrogens (tertiary/aromatic N) is 2. The number of rotatable bonds is 4. The number of hydrogen-bond acceptors (Lipinski definition) is 6. The molecule has 1 aromatic heterocycles. The number of anilines is 1. The Morgan fingerprint density at radius 1 is 1.48 bits per heavy atom. The van der Waals surface area contributed by atoms with E-state index >= 15 is 0 Å². The maximum absolute atomic E-state index is 11.2. The smallest absolute Gasteiger partial charge is 0.293 e. The van der Waals surface area contributed by atoms with Crippen LogP contribution in [0.3, 0.4) is 0 Å². The monoisotopic (exact) mass is 307 g/mol. The van der Waals surface area contributed by atoms with E-state index in [1.807, 2.05) is 6.92 Å². The van der Waals surface area contributed by atoms with Gasteiger partial charge < -0.3 is 10.4 Å². The minimum absolute atomic E-state index is 0.0350. The van der Waals surface area contributed by atoms with Crippen molar-refractivity contribution in [1.29, 1.82) is 0 Å². The third-order valence-corrected chi connectivity index (χ3v) is 4.89. The molecule has 1 fully saturated rings. The van der Waals surface area contributed by atoms with Crippen LogP contribution in [0, 0.1) is 17.0 Å². The van der Waals surface area contributed by atoms with E-state index in [1.165, 1.54) is 11.3 Å². The summed E-state index contributed by atoms with van der Waals surface area (Å²) in [6.45, 7) is 2.22. The van der Waals surface area contributed by atoms with Crippen LogP contribution in [0.1, 0.15) is 30.7 Å². The molecule has 0 bridgehead atoms. The van der Waals surface area contributed by atoms with Crippen molar-refractivity contribution in [3.8, 4) is 0 Å². The lowest BCUT2D eigenvalue weighted by Crippen LogP contribution is -2.33.